The third-order valence-corrected chi connectivity index (χ3v) is 4.03. The Morgan fingerprint density at radius 2 is 2.23 bits per heavy atom. The summed E-state index contributed by atoms with van der Waals surface area (Å²) in [7, 11) is 1.94. The summed E-state index contributed by atoms with van der Waals surface area (Å²) in [6.07, 6.45) is 1.47. The van der Waals surface area contributed by atoms with Crippen molar-refractivity contribution in [2.75, 3.05) is 13.1 Å². The van der Waals surface area contributed by atoms with Crippen molar-refractivity contribution in [2.24, 2.45) is 18.7 Å². The Kier molecular flexibility index (Phi) is 4.80. The number of carbonyl (C=O) groups is 1. The minimum absolute atomic E-state index is 0.0298. The van der Waals surface area contributed by atoms with Gasteiger partial charge in [-0.1, -0.05) is 0 Å². The number of amides is 1. The quantitative estimate of drug-likeness (QED) is 0.925. The fourth-order valence-electron chi connectivity index (χ4n) is 2.89. The van der Waals surface area contributed by atoms with E-state index in [0.29, 0.717) is 12.5 Å². The molecule has 1 saturated heterocycles. The second kappa shape index (κ2) is 6.28. The van der Waals surface area contributed by atoms with Gasteiger partial charge in [0, 0.05) is 38.3 Å². The van der Waals surface area contributed by atoms with Gasteiger partial charge in [-0.2, -0.15) is 5.10 Å². The van der Waals surface area contributed by atoms with Gasteiger partial charge >= 0.3 is 6.09 Å². The summed E-state index contributed by atoms with van der Waals surface area (Å²) in [5.41, 5.74) is 8.05. The molecule has 2 unspecified atom stereocenters. The highest BCUT2D eigenvalue weighted by Crippen LogP contribution is 2.23. The number of likely N-dealkylation sites (tertiary alicyclic amines) is 1. The fourth-order valence-corrected chi connectivity index (χ4v) is 2.89. The first kappa shape index (κ1) is 16.8. The summed E-state index contributed by atoms with van der Waals surface area (Å²) in [4.78, 5) is 13.9. The van der Waals surface area contributed by atoms with Crippen molar-refractivity contribution in [3.05, 3.63) is 17.5 Å². The largest absolute Gasteiger partial charge is 0.444 e. The number of nitrogens with zero attached hydrogens (tertiary/aromatic N) is 3. The van der Waals surface area contributed by atoms with Crippen LogP contribution in [-0.2, 0) is 18.2 Å². The van der Waals surface area contributed by atoms with Crippen LogP contribution in [0.2, 0.25) is 0 Å². The summed E-state index contributed by atoms with van der Waals surface area (Å²) in [5.74, 6) is 0.308. The highest BCUT2D eigenvalue weighted by atomic mass is 16.6. The van der Waals surface area contributed by atoms with Crippen molar-refractivity contribution in [3.8, 4) is 0 Å². The molecule has 6 heteroatoms. The van der Waals surface area contributed by atoms with Crippen molar-refractivity contribution >= 4 is 6.09 Å². The second-order valence-corrected chi connectivity index (χ2v) is 7.24. The molecule has 0 radical (unpaired) electrons. The molecule has 0 spiro atoms. The summed E-state index contributed by atoms with van der Waals surface area (Å²) < 4.78 is 7.31. The molecule has 124 valence electrons. The predicted molar refractivity (Wildman–Crippen MR) is 85.5 cm³/mol. The molecule has 0 aromatic carbocycles. The predicted octanol–water partition coefficient (Wildman–Crippen LogP) is 1.86. The molecule has 6 nitrogen and oxygen atoms in total. The van der Waals surface area contributed by atoms with Crippen LogP contribution >= 0.6 is 0 Å². The van der Waals surface area contributed by atoms with Crippen LogP contribution in [0.25, 0.3) is 0 Å². The van der Waals surface area contributed by atoms with Gasteiger partial charge in [0.2, 0.25) is 0 Å². The maximum absolute atomic E-state index is 12.1. The van der Waals surface area contributed by atoms with Crippen LogP contribution < -0.4 is 5.73 Å². The molecule has 1 aromatic rings. The summed E-state index contributed by atoms with van der Waals surface area (Å²) >= 11 is 0. The molecule has 1 aliphatic rings. The van der Waals surface area contributed by atoms with Crippen LogP contribution in [0, 0.1) is 12.8 Å². The van der Waals surface area contributed by atoms with E-state index in [2.05, 4.69) is 11.2 Å². The zero-order chi connectivity index (χ0) is 16.5. The summed E-state index contributed by atoms with van der Waals surface area (Å²) in [5, 5.41) is 4.35. The van der Waals surface area contributed by atoms with Crippen LogP contribution in [-0.4, -0.2) is 45.5 Å². The number of nitrogens with two attached hydrogens (primary N) is 1. The molecule has 0 saturated carbocycles. The standard InChI is InChI=1S/C16H28N4O2/c1-11-8-13(19(5)18-11)9-14(17)12-6-7-20(10-12)15(21)22-16(2,3)4/h8,12,14H,6-7,9-10,17H2,1-5H3. The van der Waals surface area contributed by atoms with Gasteiger partial charge in [0.05, 0.1) is 5.69 Å². The number of carbonyl (C=O) groups excluding carboxylic acids is 1. The van der Waals surface area contributed by atoms with E-state index >= 15 is 0 Å². The molecule has 1 aromatic heterocycles. The molecule has 2 N–H and O–H groups in total. The van der Waals surface area contributed by atoms with E-state index < -0.39 is 5.60 Å². The van der Waals surface area contributed by atoms with Crippen molar-refractivity contribution in [3.63, 3.8) is 0 Å². The van der Waals surface area contributed by atoms with Crippen LogP contribution in [0.3, 0.4) is 0 Å². The van der Waals surface area contributed by atoms with Gasteiger partial charge in [-0.15, -0.1) is 0 Å². The monoisotopic (exact) mass is 308 g/mol. The molecule has 1 aliphatic heterocycles. The number of aryl methyl sites for hydroxylation is 2. The van der Waals surface area contributed by atoms with Gasteiger partial charge in [0.25, 0.3) is 0 Å². The number of aromatic nitrogens is 2. The maximum Gasteiger partial charge on any atom is 0.410 e. The summed E-state index contributed by atoms with van der Waals surface area (Å²) in [6, 6.07) is 2.10. The lowest BCUT2D eigenvalue weighted by atomic mass is 9.95. The van der Waals surface area contributed by atoms with Gasteiger partial charge in [-0.25, -0.2) is 4.79 Å². The van der Waals surface area contributed by atoms with Crippen LogP contribution in [0.15, 0.2) is 6.07 Å². The number of ether oxygens (including phenoxy) is 1. The molecule has 1 amide bonds. The van der Waals surface area contributed by atoms with E-state index in [0.717, 1.165) is 30.8 Å². The smallest absolute Gasteiger partial charge is 0.410 e. The minimum Gasteiger partial charge on any atom is -0.444 e. The number of rotatable bonds is 3. The van der Waals surface area contributed by atoms with Gasteiger partial charge in [0.1, 0.15) is 5.60 Å². The van der Waals surface area contributed by atoms with Gasteiger partial charge in [0.15, 0.2) is 0 Å². The lowest BCUT2D eigenvalue weighted by Gasteiger charge is -2.25. The lowest BCUT2D eigenvalue weighted by molar-refractivity contribution is 0.0286. The first-order chi connectivity index (χ1) is 10.2. The Morgan fingerprint density at radius 3 is 2.77 bits per heavy atom. The highest BCUT2D eigenvalue weighted by Gasteiger charge is 2.32. The number of hydrogen-bond donors (Lipinski definition) is 1. The van der Waals surface area contributed by atoms with Crippen LogP contribution in [0.5, 0.6) is 0 Å². The molecule has 0 aliphatic carbocycles. The molecular formula is C16H28N4O2. The number of hydrogen-bond acceptors (Lipinski definition) is 4. The van der Waals surface area contributed by atoms with Crippen LogP contribution in [0.4, 0.5) is 4.79 Å². The summed E-state index contributed by atoms with van der Waals surface area (Å²) in [6.45, 7) is 9.03. The van der Waals surface area contributed by atoms with E-state index in [1.54, 1.807) is 4.90 Å². The second-order valence-electron chi connectivity index (χ2n) is 7.24. The topological polar surface area (TPSA) is 73.4 Å². The minimum atomic E-state index is -0.455. The zero-order valence-corrected chi connectivity index (χ0v) is 14.3. The molecular weight excluding hydrogens is 280 g/mol. The molecule has 0 bridgehead atoms. The van der Waals surface area contributed by atoms with E-state index in [4.69, 9.17) is 10.5 Å². The van der Waals surface area contributed by atoms with Crippen molar-refractivity contribution < 1.29 is 9.53 Å². The fraction of sp³-hybridized carbons (Fsp3) is 0.750. The first-order valence-electron chi connectivity index (χ1n) is 7.89. The third-order valence-electron chi connectivity index (χ3n) is 4.03. The van der Waals surface area contributed by atoms with Crippen molar-refractivity contribution in [2.45, 2.75) is 52.2 Å². The average molecular weight is 308 g/mol. The third kappa shape index (κ3) is 4.22. The van der Waals surface area contributed by atoms with E-state index in [9.17, 15) is 4.79 Å². The Balaban J connectivity index is 1.89. The normalized spacial score (nSPS) is 20.3. The van der Waals surface area contributed by atoms with E-state index in [1.165, 1.54) is 0 Å². The Morgan fingerprint density at radius 1 is 1.55 bits per heavy atom. The molecule has 2 rings (SSSR count). The molecule has 22 heavy (non-hydrogen) atoms. The molecule has 1 fully saturated rings. The first-order valence-corrected chi connectivity index (χ1v) is 7.89. The zero-order valence-electron chi connectivity index (χ0n) is 14.3. The van der Waals surface area contributed by atoms with Gasteiger partial charge in [-0.05, 0) is 46.1 Å². The van der Waals surface area contributed by atoms with E-state index in [-0.39, 0.29) is 12.1 Å². The molecule has 2 atom stereocenters. The Labute approximate surface area is 132 Å². The van der Waals surface area contributed by atoms with Gasteiger partial charge < -0.3 is 15.4 Å². The van der Waals surface area contributed by atoms with Crippen molar-refractivity contribution in [1.82, 2.24) is 14.7 Å². The average Bonchev–Trinajstić information content (AvgIpc) is 2.95. The lowest BCUT2D eigenvalue weighted by Crippen LogP contribution is -2.38. The van der Waals surface area contributed by atoms with Crippen molar-refractivity contribution in [1.29, 1.82) is 0 Å². The SMILES string of the molecule is Cc1cc(CC(N)C2CCN(C(=O)OC(C)(C)C)C2)n(C)n1. The van der Waals surface area contributed by atoms with E-state index in [1.807, 2.05) is 39.4 Å². The maximum atomic E-state index is 12.1. The van der Waals surface area contributed by atoms with Crippen LogP contribution in [0.1, 0.15) is 38.6 Å². The molecule has 2 heterocycles. The van der Waals surface area contributed by atoms with Gasteiger partial charge in [-0.3, -0.25) is 4.68 Å². The Hall–Kier alpha value is -1.56. The highest BCUT2D eigenvalue weighted by molar-refractivity contribution is 5.68. The Bertz CT molecular complexity index is 533.